The smallest absolute Gasteiger partial charge is 0.128 e. The minimum Gasteiger partial charge on any atom is -0.396 e. The molecule has 0 heterocycles. The Balaban J connectivity index is 2.93. The number of halogens is 1. The van der Waals surface area contributed by atoms with Gasteiger partial charge in [-0.15, -0.1) is 0 Å². The zero-order valence-electron chi connectivity index (χ0n) is 8.46. The Hall–Kier alpha value is -0.930. The molecule has 1 N–H and O–H groups in total. The Bertz CT molecular complexity index is 299. The molecule has 3 heteroatoms. The fourth-order valence-electron chi connectivity index (χ4n) is 1.27. The van der Waals surface area contributed by atoms with E-state index in [0.29, 0.717) is 5.56 Å². The first-order chi connectivity index (χ1) is 6.69. The van der Waals surface area contributed by atoms with Crippen LogP contribution in [-0.4, -0.2) is 18.8 Å². The lowest BCUT2D eigenvalue weighted by atomic mass is 10.00. The molecule has 1 unspecified atom stereocenters. The van der Waals surface area contributed by atoms with Crippen LogP contribution < -0.4 is 0 Å². The Kier molecular flexibility index (Phi) is 4.04. The van der Waals surface area contributed by atoms with E-state index in [1.807, 2.05) is 6.92 Å². The molecule has 0 fully saturated rings. The minimum absolute atomic E-state index is 0.0335. The van der Waals surface area contributed by atoms with Crippen LogP contribution in [0.1, 0.15) is 24.0 Å². The second-order valence-electron chi connectivity index (χ2n) is 3.37. The first kappa shape index (κ1) is 11.1. The van der Waals surface area contributed by atoms with Crippen molar-refractivity contribution in [2.75, 3.05) is 13.7 Å². The minimum atomic E-state index is -0.263. The van der Waals surface area contributed by atoms with Crippen molar-refractivity contribution in [1.29, 1.82) is 0 Å². The van der Waals surface area contributed by atoms with Gasteiger partial charge in [-0.25, -0.2) is 4.39 Å². The average Bonchev–Trinajstić information content (AvgIpc) is 2.20. The number of hydrogen-bond acceptors (Lipinski definition) is 2. The van der Waals surface area contributed by atoms with Gasteiger partial charge >= 0.3 is 0 Å². The summed E-state index contributed by atoms with van der Waals surface area (Å²) in [5, 5.41) is 8.95. The van der Waals surface area contributed by atoms with E-state index in [-0.39, 0.29) is 24.9 Å². The van der Waals surface area contributed by atoms with Crippen molar-refractivity contribution in [3.05, 3.63) is 35.1 Å². The summed E-state index contributed by atoms with van der Waals surface area (Å²) >= 11 is 0. The van der Waals surface area contributed by atoms with Crippen LogP contribution in [0.15, 0.2) is 18.2 Å². The van der Waals surface area contributed by atoms with E-state index in [4.69, 9.17) is 9.84 Å². The van der Waals surface area contributed by atoms with Crippen LogP contribution in [0.25, 0.3) is 0 Å². The quantitative estimate of drug-likeness (QED) is 0.802. The molecule has 0 aliphatic rings. The van der Waals surface area contributed by atoms with Gasteiger partial charge in [-0.2, -0.15) is 0 Å². The van der Waals surface area contributed by atoms with Crippen LogP contribution in [0.5, 0.6) is 0 Å². The topological polar surface area (TPSA) is 29.5 Å². The van der Waals surface area contributed by atoms with Crippen molar-refractivity contribution in [1.82, 2.24) is 0 Å². The fourth-order valence-corrected chi connectivity index (χ4v) is 1.27. The van der Waals surface area contributed by atoms with E-state index in [1.165, 1.54) is 13.2 Å². The number of aliphatic hydroxyl groups excluding tert-OH is 1. The SMILES string of the molecule is COCc1cc(C(C)CO)ccc1F. The second kappa shape index (κ2) is 5.08. The molecule has 78 valence electrons. The normalized spacial score (nSPS) is 12.9. The summed E-state index contributed by atoms with van der Waals surface area (Å²) in [7, 11) is 1.53. The van der Waals surface area contributed by atoms with E-state index in [2.05, 4.69) is 0 Å². The predicted octanol–water partition coefficient (Wildman–Crippen LogP) is 2.07. The predicted molar refractivity (Wildman–Crippen MR) is 52.6 cm³/mol. The molecule has 2 nitrogen and oxygen atoms in total. The van der Waals surface area contributed by atoms with E-state index >= 15 is 0 Å². The van der Waals surface area contributed by atoms with E-state index < -0.39 is 0 Å². The molecular formula is C11H15FO2. The van der Waals surface area contributed by atoms with E-state index in [9.17, 15) is 4.39 Å². The summed E-state index contributed by atoms with van der Waals surface area (Å²) in [6.07, 6.45) is 0. The van der Waals surface area contributed by atoms with Gasteiger partial charge in [-0.05, 0) is 11.6 Å². The zero-order valence-corrected chi connectivity index (χ0v) is 8.46. The monoisotopic (exact) mass is 198 g/mol. The molecule has 0 aliphatic heterocycles. The van der Waals surface area contributed by atoms with Gasteiger partial charge in [-0.1, -0.05) is 19.1 Å². The van der Waals surface area contributed by atoms with Gasteiger partial charge in [0.05, 0.1) is 6.61 Å². The maximum absolute atomic E-state index is 13.2. The number of rotatable bonds is 4. The summed E-state index contributed by atoms with van der Waals surface area (Å²) in [6.45, 7) is 2.22. The molecule has 14 heavy (non-hydrogen) atoms. The third-order valence-electron chi connectivity index (χ3n) is 2.21. The molecular weight excluding hydrogens is 183 g/mol. The van der Waals surface area contributed by atoms with Crippen molar-refractivity contribution >= 4 is 0 Å². The van der Waals surface area contributed by atoms with Crippen molar-refractivity contribution < 1.29 is 14.2 Å². The first-order valence-electron chi connectivity index (χ1n) is 4.57. The highest BCUT2D eigenvalue weighted by atomic mass is 19.1. The molecule has 0 amide bonds. The molecule has 1 rings (SSSR count). The van der Waals surface area contributed by atoms with Crippen LogP contribution in [0.4, 0.5) is 4.39 Å². The molecule has 1 atom stereocenters. The third-order valence-corrected chi connectivity index (χ3v) is 2.21. The van der Waals surface area contributed by atoms with E-state index in [1.54, 1.807) is 12.1 Å². The molecule has 0 saturated heterocycles. The lowest BCUT2D eigenvalue weighted by Crippen LogP contribution is -2.01. The van der Waals surface area contributed by atoms with Gasteiger partial charge in [-0.3, -0.25) is 0 Å². The maximum atomic E-state index is 13.2. The summed E-state index contributed by atoms with van der Waals surface area (Å²) in [5.41, 5.74) is 1.46. The van der Waals surface area contributed by atoms with Crippen LogP contribution in [-0.2, 0) is 11.3 Å². The molecule has 0 bridgehead atoms. The van der Waals surface area contributed by atoms with Crippen molar-refractivity contribution in [2.45, 2.75) is 19.4 Å². The molecule has 1 aromatic carbocycles. The highest BCUT2D eigenvalue weighted by Gasteiger charge is 2.08. The summed E-state index contributed by atoms with van der Waals surface area (Å²) in [4.78, 5) is 0. The van der Waals surface area contributed by atoms with Gasteiger partial charge < -0.3 is 9.84 Å². The van der Waals surface area contributed by atoms with Crippen LogP contribution in [0.3, 0.4) is 0 Å². The highest BCUT2D eigenvalue weighted by Crippen LogP contribution is 2.18. The molecule has 1 aromatic rings. The Morgan fingerprint density at radius 1 is 1.50 bits per heavy atom. The van der Waals surface area contributed by atoms with Gasteiger partial charge in [0.15, 0.2) is 0 Å². The lowest BCUT2D eigenvalue weighted by Gasteiger charge is -2.10. The highest BCUT2D eigenvalue weighted by molar-refractivity contribution is 5.27. The second-order valence-corrected chi connectivity index (χ2v) is 3.37. The van der Waals surface area contributed by atoms with Crippen LogP contribution in [0.2, 0.25) is 0 Å². The van der Waals surface area contributed by atoms with Crippen LogP contribution in [0, 0.1) is 5.82 Å². The van der Waals surface area contributed by atoms with Gasteiger partial charge in [0.2, 0.25) is 0 Å². The summed E-state index contributed by atoms with van der Waals surface area (Å²) < 4.78 is 18.1. The standard InChI is InChI=1S/C11H15FO2/c1-8(6-13)9-3-4-11(12)10(5-9)7-14-2/h3-5,8,13H,6-7H2,1-2H3. The lowest BCUT2D eigenvalue weighted by molar-refractivity contribution is 0.181. The number of aliphatic hydroxyl groups is 1. The van der Waals surface area contributed by atoms with Crippen molar-refractivity contribution in [3.63, 3.8) is 0 Å². The zero-order chi connectivity index (χ0) is 10.6. The van der Waals surface area contributed by atoms with Crippen LogP contribution >= 0.6 is 0 Å². The van der Waals surface area contributed by atoms with Gasteiger partial charge in [0, 0.05) is 25.2 Å². The largest absolute Gasteiger partial charge is 0.396 e. The molecule has 0 spiro atoms. The number of ether oxygens (including phenoxy) is 1. The molecule has 0 radical (unpaired) electrons. The third kappa shape index (κ3) is 2.53. The number of benzene rings is 1. The maximum Gasteiger partial charge on any atom is 0.128 e. The van der Waals surface area contributed by atoms with Gasteiger partial charge in [0.1, 0.15) is 5.82 Å². The Labute approximate surface area is 83.3 Å². The first-order valence-corrected chi connectivity index (χ1v) is 4.57. The molecule has 0 aliphatic carbocycles. The molecule has 0 aromatic heterocycles. The number of methoxy groups -OCH3 is 1. The average molecular weight is 198 g/mol. The summed E-state index contributed by atoms with van der Waals surface area (Å²) in [5.74, 6) is -0.230. The van der Waals surface area contributed by atoms with Crippen molar-refractivity contribution in [3.8, 4) is 0 Å². The Morgan fingerprint density at radius 2 is 2.21 bits per heavy atom. The Morgan fingerprint density at radius 3 is 2.79 bits per heavy atom. The number of hydrogen-bond donors (Lipinski definition) is 1. The van der Waals surface area contributed by atoms with E-state index in [0.717, 1.165) is 5.56 Å². The fraction of sp³-hybridized carbons (Fsp3) is 0.455. The molecule has 0 saturated carbocycles. The summed E-state index contributed by atoms with van der Waals surface area (Å²) in [6, 6.07) is 4.84. The van der Waals surface area contributed by atoms with Crippen molar-refractivity contribution in [2.24, 2.45) is 0 Å². The van der Waals surface area contributed by atoms with Gasteiger partial charge in [0.25, 0.3) is 0 Å².